The summed E-state index contributed by atoms with van der Waals surface area (Å²) in [7, 11) is 0. The fourth-order valence-corrected chi connectivity index (χ4v) is 4.98. The van der Waals surface area contributed by atoms with Crippen LogP contribution in [0.5, 0.6) is 0 Å². The van der Waals surface area contributed by atoms with Gasteiger partial charge in [-0.05, 0) is 38.0 Å². The number of rotatable bonds is 6. The molecule has 2 amide bonds. The van der Waals surface area contributed by atoms with Gasteiger partial charge in [-0.3, -0.25) is 14.9 Å². The highest BCUT2D eigenvalue weighted by Crippen LogP contribution is 2.32. The van der Waals surface area contributed by atoms with E-state index in [4.69, 9.17) is 5.26 Å². The van der Waals surface area contributed by atoms with Crippen molar-refractivity contribution in [2.75, 3.05) is 16.4 Å². The molecule has 146 valence electrons. The second kappa shape index (κ2) is 9.71. The molecule has 2 N–H and O–H groups in total. The molecule has 0 atom stereocenters. The molecular formula is C20H22N4O2S2. The van der Waals surface area contributed by atoms with Gasteiger partial charge in [-0.25, -0.2) is 4.98 Å². The van der Waals surface area contributed by atoms with Crippen molar-refractivity contribution in [2.45, 2.75) is 43.2 Å². The van der Waals surface area contributed by atoms with E-state index >= 15 is 0 Å². The number of carbonyl (C=O) groups is 2. The molecule has 1 fully saturated rings. The average Bonchev–Trinajstić information content (AvgIpc) is 3.06. The van der Waals surface area contributed by atoms with Gasteiger partial charge in [-0.2, -0.15) is 5.26 Å². The number of hydrogen-bond acceptors (Lipinski definition) is 6. The zero-order valence-corrected chi connectivity index (χ0v) is 17.3. The largest absolute Gasteiger partial charge is 0.326 e. The standard InChI is InChI=1S/C20H22N4O2S2/c1-13-19(27-11-10-21)28-20(22-13)24-18(26)15-8-5-9-16(12-15)23-17(25)14-6-3-2-4-7-14/h5,8-9,12,14H,2-4,6-7,11H2,1H3,(H,23,25)(H,22,24,26). The van der Waals surface area contributed by atoms with Crippen molar-refractivity contribution in [1.82, 2.24) is 4.98 Å². The number of nitrogens with one attached hydrogen (secondary N) is 2. The normalized spacial score (nSPS) is 14.3. The van der Waals surface area contributed by atoms with Crippen LogP contribution < -0.4 is 10.6 Å². The quantitative estimate of drug-likeness (QED) is 0.660. The van der Waals surface area contributed by atoms with Crippen LogP contribution in [0.4, 0.5) is 10.8 Å². The SMILES string of the molecule is Cc1nc(NC(=O)c2cccc(NC(=O)C3CCCCC3)c2)sc1SCC#N. The summed E-state index contributed by atoms with van der Waals surface area (Å²) in [6, 6.07) is 9.02. The van der Waals surface area contributed by atoms with Gasteiger partial charge in [0.1, 0.15) is 0 Å². The minimum Gasteiger partial charge on any atom is -0.326 e. The summed E-state index contributed by atoms with van der Waals surface area (Å²) in [5.74, 6) is 0.166. The molecule has 0 unspecified atom stereocenters. The van der Waals surface area contributed by atoms with Crippen molar-refractivity contribution in [1.29, 1.82) is 5.26 Å². The summed E-state index contributed by atoms with van der Waals surface area (Å²) in [6.45, 7) is 1.85. The van der Waals surface area contributed by atoms with E-state index in [1.165, 1.54) is 29.5 Å². The van der Waals surface area contributed by atoms with Crippen LogP contribution in [0.25, 0.3) is 0 Å². The van der Waals surface area contributed by atoms with Crippen LogP contribution in [0.15, 0.2) is 28.5 Å². The zero-order chi connectivity index (χ0) is 19.9. The van der Waals surface area contributed by atoms with Gasteiger partial charge in [0.05, 0.1) is 21.7 Å². The molecule has 0 bridgehead atoms. The lowest BCUT2D eigenvalue weighted by Gasteiger charge is -2.20. The van der Waals surface area contributed by atoms with Gasteiger partial charge in [-0.15, -0.1) is 0 Å². The van der Waals surface area contributed by atoms with Gasteiger partial charge in [0.25, 0.3) is 5.91 Å². The zero-order valence-electron chi connectivity index (χ0n) is 15.7. The van der Waals surface area contributed by atoms with Crippen LogP contribution in [0, 0.1) is 24.2 Å². The number of carbonyl (C=O) groups excluding carboxylic acids is 2. The van der Waals surface area contributed by atoms with Crippen LogP contribution in [-0.2, 0) is 4.79 Å². The molecule has 1 aliphatic rings. The first-order chi connectivity index (χ1) is 13.6. The average molecular weight is 415 g/mol. The van der Waals surface area contributed by atoms with Gasteiger partial charge in [0, 0.05) is 17.2 Å². The molecule has 1 aromatic heterocycles. The fourth-order valence-electron chi connectivity index (χ4n) is 3.18. The Kier molecular flexibility index (Phi) is 7.06. The van der Waals surface area contributed by atoms with Gasteiger partial charge in [0.15, 0.2) is 5.13 Å². The van der Waals surface area contributed by atoms with Crippen molar-refractivity contribution in [3.05, 3.63) is 35.5 Å². The fraction of sp³-hybridized carbons (Fsp3) is 0.400. The Morgan fingerprint density at radius 2 is 2.07 bits per heavy atom. The Bertz CT molecular complexity index is 898. The molecule has 1 saturated carbocycles. The second-order valence-electron chi connectivity index (χ2n) is 6.70. The summed E-state index contributed by atoms with van der Waals surface area (Å²) in [5, 5.41) is 14.9. The number of thiazole rings is 1. The molecule has 1 heterocycles. The van der Waals surface area contributed by atoms with Gasteiger partial charge >= 0.3 is 0 Å². The molecule has 3 rings (SSSR count). The van der Waals surface area contributed by atoms with E-state index in [1.54, 1.807) is 24.3 Å². The minimum atomic E-state index is -0.278. The summed E-state index contributed by atoms with van der Waals surface area (Å²) < 4.78 is 0.922. The lowest BCUT2D eigenvalue weighted by molar-refractivity contribution is -0.120. The first-order valence-electron chi connectivity index (χ1n) is 9.26. The number of nitrogens with zero attached hydrogens (tertiary/aromatic N) is 2. The third-order valence-corrected chi connectivity index (χ3v) is 6.91. The van der Waals surface area contributed by atoms with Gasteiger partial charge in [0.2, 0.25) is 5.91 Å². The van der Waals surface area contributed by atoms with Crippen LogP contribution in [-0.4, -0.2) is 22.6 Å². The molecule has 0 saturated heterocycles. The maximum Gasteiger partial charge on any atom is 0.257 e. The summed E-state index contributed by atoms with van der Waals surface area (Å²) in [4.78, 5) is 29.3. The van der Waals surface area contributed by atoms with Crippen LogP contribution in [0.2, 0.25) is 0 Å². The van der Waals surface area contributed by atoms with E-state index in [9.17, 15) is 9.59 Å². The minimum absolute atomic E-state index is 0.0342. The van der Waals surface area contributed by atoms with Crippen LogP contribution >= 0.6 is 23.1 Å². The van der Waals surface area contributed by atoms with Crippen molar-refractivity contribution < 1.29 is 9.59 Å². The Morgan fingerprint density at radius 3 is 2.82 bits per heavy atom. The number of thioether (sulfide) groups is 1. The van der Waals surface area contributed by atoms with E-state index in [1.807, 2.05) is 6.92 Å². The molecule has 1 aromatic carbocycles. The highest BCUT2D eigenvalue weighted by Gasteiger charge is 2.21. The van der Waals surface area contributed by atoms with Crippen LogP contribution in [0.1, 0.15) is 48.2 Å². The number of anilines is 2. The third kappa shape index (κ3) is 5.33. The molecule has 8 heteroatoms. The molecule has 6 nitrogen and oxygen atoms in total. The number of aromatic nitrogens is 1. The molecule has 2 aromatic rings. The molecule has 0 spiro atoms. The topological polar surface area (TPSA) is 94.9 Å². The summed E-state index contributed by atoms with van der Waals surface area (Å²) in [5.41, 5.74) is 1.89. The van der Waals surface area contributed by atoms with E-state index in [0.29, 0.717) is 22.1 Å². The maximum absolute atomic E-state index is 12.6. The third-order valence-electron chi connectivity index (χ3n) is 4.61. The summed E-state index contributed by atoms with van der Waals surface area (Å²) in [6.07, 6.45) is 5.26. The van der Waals surface area contributed by atoms with Crippen molar-refractivity contribution in [3.63, 3.8) is 0 Å². The Hall–Kier alpha value is -2.37. The number of hydrogen-bond donors (Lipinski definition) is 2. The molecule has 1 aliphatic carbocycles. The number of aryl methyl sites for hydroxylation is 1. The van der Waals surface area contributed by atoms with Crippen molar-refractivity contribution in [3.8, 4) is 6.07 Å². The first-order valence-corrected chi connectivity index (χ1v) is 11.1. The van der Waals surface area contributed by atoms with E-state index in [2.05, 4.69) is 21.7 Å². The Balaban J connectivity index is 1.63. The Labute approximate surface area is 172 Å². The highest BCUT2D eigenvalue weighted by atomic mass is 32.2. The molecule has 0 radical (unpaired) electrons. The van der Waals surface area contributed by atoms with E-state index in [-0.39, 0.29) is 17.7 Å². The maximum atomic E-state index is 12.6. The van der Waals surface area contributed by atoms with E-state index in [0.717, 1.165) is 35.6 Å². The summed E-state index contributed by atoms with van der Waals surface area (Å²) >= 11 is 2.76. The molecule has 28 heavy (non-hydrogen) atoms. The monoisotopic (exact) mass is 414 g/mol. The number of amides is 2. The van der Waals surface area contributed by atoms with Crippen molar-refractivity contribution in [2.24, 2.45) is 5.92 Å². The van der Waals surface area contributed by atoms with Gasteiger partial charge in [-0.1, -0.05) is 48.4 Å². The number of nitriles is 1. The molecule has 0 aliphatic heterocycles. The second-order valence-corrected chi connectivity index (χ2v) is 8.94. The van der Waals surface area contributed by atoms with Gasteiger partial charge < -0.3 is 5.32 Å². The van der Waals surface area contributed by atoms with Crippen LogP contribution in [0.3, 0.4) is 0 Å². The van der Waals surface area contributed by atoms with Crippen molar-refractivity contribution >= 4 is 45.7 Å². The lowest BCUT2D eigenvalue weighted by Crippen LogP contribution is -2.24. The Morgan fingerprint density at radius 1 is 1.29 bits per heavy atom. The molecular weight excluding hydrogens is 392 g/mol. The predicted octanol–water partition coefficient (Wildman–Crippen LogP) is 4.84. The lowest BCUT2D eigenvalue weighted by atomic mass is 9.88. The first kappa shape index (κ1) is 20.4. The predicted molar refractivity (Wildman–Crippen MR) is 113 cm³/mol. The highest BCUT2D eigenvalue weighted by molar-refractivity contribution is 8.01. The number of benzene rings is 1. The smallest absolute Gasteiger partial charge is 0.257 e. The van der Waals surface area contributed by atoms with E-state index < -0.39 is 0 Å².